The van der Waals surface area contributed by atoms with Gasteiger partial charge in [-0.05, 0) is 48.9 Å². The van der Waals surface area contributed by atoms with Gasteiger partial charge in [0.05, 0.1) is 6.10 Å². The number of hydrogen-bond acceptors (Lipinski definition) is 4. The fourth-order valence-corrected chi connectivity index (χ4v) is 13.0. The van der Waals surface area contributed by atoms with Crippen LogP contribution >= 0.6 is 43.4 Å². The summed E-state index contributed by atoms with van der Waals surface area (Å²) in [5.74, 6) is 0. The molecule has 18 heavy (non-hydrogen) atoms. The Morgan fingerprint density at radius 1 is 1.28 bits per heavy atom. The van der Waals surface area contributed by atoms with E-state index >= 15 is 0 Å². The van der Waals surface area contributed by atoms with Crippen molar-refractivity contribution in [1.29, 1.82) is 0 Å². The summed E-state index contributed by atoms with van der Waals surface area (Å²) in [6.07, 6.45) is 5.57. The topological polar surface area (TPSA) is 9.23 Å². The first-order chi connectivity index (χ1) is 8.65. The van der Waals surface area contributed by atoms with Gasteiger partial charge in [0.1, 0.15) is 0 Å². The van der Waals surface area contributed by atoms with Crippen LogP contribution in [0.15, 0.2) is 33.6 Å². The maximum atomic E-state index is 6.23. The highest BCUT2D eigenvalue weighted by atomic mass is 79.9. The molecule has 1 saturated carbocycles. The van der Waals surface area contributed by atoms with E-state index in [0.717, 1.165) is 4.47 Å². The van der Waals surface area contributed by atoms with Gasteiger partial charge < -0.3 is 4.52 Å². The summed E-state index contributed by atoms with van der Waals surface area (Å²) in [5, 5.41) is 0.660. The minimum absolute atomic E-state index is 0.428. The van der Waals surface area contributed by atoms with E-state index < -0.39 is 4.67 Å². The maximum absolute atomic E-state index is 6.23. The van der Waals surface area contributed by atoms with Crippen molar-refractivity contribution >= 4 is 55.2 Å². The molecule has 6 heteroatoms. The molecule has 1 saturated heterocycles. The highest BCUT2D eigenvalue weighted by molar-refractivity contribution is 9.10. The zero-order valence-corrected chi connectivity index (χ0v) is 14.7. The molecule has 0 spiro atoms. The number of halogens is 1. The van der Waals surface area contributed by atoms with Gasteiger partial charge in [-0.1, -0.05) is 51.5 Å². The number of fused-ring (bicyclic) bond motifs is 1. The Labute approximate surface area is 130 Å². The summed E-state index contributed by atoms with van der Waals surface area (Å²) in [6, 6.07) is 8.37. The predicted octanol–water partition coefficient (Wildman–Crippen LogP) is 5.84. The molecule has 1 aromatic carbocycles. The van der Waals surface area contributed by atoms with E-state index in [1.54, 1.807) is 11.4 Å². The van der Waals surface area contributed by atoms with Gasteiger partial charge in [-0.15, -0.1) is 0 Å². The quantitative estimate of drug-likeness (QED) is 0.595. The van der Waals surface area contributed by atoms with E-state index in [9.17, 15) is 0 Å². The summed E-state index contributed by atoms with van der Waals surface area (Å²) in [5.41, 5.74) is 0. The Morgan fingerprint density at radius 3 is 2.72 bits per heavy atom. The van der Waals surface area contributed by atoms with Crippen LogP contribution in [-0.4, -0.2) is 11.4 Å². The molecule has 1 nitrogen and oxygen atoms in total. The van der Waals surface area contributed by atoms with Crippen molar-refractivity contribution in [3.05, 3.63) is 28.7 Å². The van der Waals surface area contributed by atoms with E-state index in [1.165, 1.54) is 30.6 Å². The molecule has 2 fully saturated rings. The Hall–Kier alpha value is 1.01. The van der Waals surface area contributed by atoms with Crippen LogP contribution in [0.5, 0.6) is 0 Å². The Balaban J connectivity index is 1.72. The van der Waals surface area contributed by atoms with Crippen LogP contribution in [0, 0.1) is 0 Å². The normalized spacial score (nSPS) is 35.4. The van der Waals surface area contributed by atoms with E-state index in [2.05, 4.69) is 40.2 Å². The molecule has 1 aliphatic carbocycles. The summed E-state index contributed by atoms with van der Waals surface area (Å²) in [4.78, 5) is 1.23. The highest BCUT2D eigenvalue weighted by Gasteiger charge is 2.42. The first-order valence-corrected chi connectivity index (χ1v) is 12.5. The molecule has 1 unspecified atom stereocenters. The van der Waals surface area contributed by atoms with E-state index in [-0.39, 0.29) is 0 Å². The average Bonchev–Trinajstić information content (AvgIpc) is 2.68. The predicted molar refractivity (Wildman–Crippen MR) is 89.0 cm³/mol. The first-order valence-electron chi connectivity index (χ1n) is 6.07. The van der Waals surface area contributed by atoms with Gasteiger partial charge >= 0.3 is 0 Å². The average molecular weight is 381 g/mol. The third-order valence-electron chi connectivity index (χ3n) is 3.20. The van der Waals surface area contributed by atoms with Crippen molar-refractivity contribution in [3.8, 4) is 0 Å². The Kier molecular flexibility index (Phi) is 4.49. The lowest BCUT2D eigenvalue weighted by atomic mass is 9.97. The zero-order chi connectivity index (χ0) is 12.6. The van der Waals surface area contributed by atoms with Crippen LogP contribution in [-0.2, 0) is 16.3 Å². The van der Waals surface area contributed by atoms with Crippen LogP contribution in [0.1, 0.15) is 25.7 Å². The fourth-order valence-electron chi connectivity index (χ4n) is 2.33. The van der Waals surface area contributed by atoms with Crippen molar-refractivity contribution in [1.82, 2.24) is 0 Å². The van der Waals surface area contributed by atoms with Crippen LogP contribution in [0.2, 0.25) is 0 Å². The Bertz CT molecular complexity index is 461. The van der Waals surface area contributed by atoms with Crippen LogP contribution < -0.4 is 0 Å². The monoisotopic (exact) mass is 380 g/mol. The second-order valence-electron chi connectivity index (χ2n) is 4.56. The molecule has 3 rings (SSSR count). The molecular formula is C12H14BrOPS3. The van der Waals surface area contributed by atoms with Gasteiger partial charge in [0, 0.05) is 14.6 Å². The molecule has 0 aromatic heterocycles. The molecule has 0 amide bonds. The standard InChI is InChI=1S/C12H14BrOPS3/c13-9-5-7-10(8-6-9)17-15(16)14-11-3-1-2-4-12(11)18-15/h5-8,11-12H,1-4H2/t11-,12-,15?/m1/s1. The summed E-state index contributed by atoms with van der Waals surface area (Å²) in [7, 11) is 0. The molecular weight excluding hydrogens is 367 g/mol. The number of rotatable bonds is 2. The molecule has 0 radical (unpaired) electrons. The van der Waals surface area contributed by atoms with Crippen molar-refractivity contribution in [2.45, 2.75) is 41.9 Å². The largest absolute Gasteiger partial charge is 0.329 e. The molecule has 1 aromatic rings. The molecule has 0 bridgehead atoms. The summed E-state index contributed by atoms with van der Waals surface area (Å²) in [6.45, 7) is 0. The second-order valence-corrected chi connectivity index (χ2v) is 15.9. The summed E-state index contributed by atoms with van der Waals surface area (Å²) < 4.78 is 5.57. The first kappa shape index (κ1) is 14.0. The molecule has 2 aliphatic rings. The molecule has 98 valence electrons. The van der Waals surface area contributed by atoms with Gasteiger partial charge in [-0.25, -0.2) is 0 Å². The van der Waals surface area contributed by atoms with Crippen LogP contribution in [0.4, 0.5) is 0 Å². The van der Waals surface area contributed by atoms with Gasteiger partial charge in [-0.3, -0.25) is 0 Å². The number of benzene rings is 1. The second kappa shape index (κ2) is 5.79. The lowest BCUT2D eigenvalue weighted by Gasteiger charge is -2.21. The van der Waals surface area contributed by atoms with Crippen molar-refractivity contribution in [3.63, 3.8) is 0 Å². The third-order valence-corrected chi connectivity index (χ3v) is 12.6. The SMILES string of the molecule is S=P1(Sc2ccc(Br)cc2)O[C@@H]2CCCC[C@H]2S1. The van der Waals surface area contributed by atoms with E-state index in [0.29, 0.717) is 11.4 Å². The maximum Gasteiger partial charge on any atom is 0.180 e. The molecule has 1 aliphatic heterocycles. The highest BCUT2D eigenvalue weighted by Crippen LogP contribution is 2.79. The molecule has 0 N–H and O–H groups in total. The molecule has 1 heterocycles. The minimum atomic E-state index is -1.76. The molecule has 3 atom stereocenters. The third kappa shape index (κ3) is 3.18. The smallest absolute Gasteiger partial charge is 0.180 e. The van der Waals surface area contributed by atoms with E-state index in [1.807, 2.05) is 11.4 Å². The fraction of sp³-hybridized carbons (Fsp3) is 0.500. The number of hydrogen-bond donors (Lipinski definition) is 0. The lowest BCUT2D eigenvalue weighted by Crippen LogP contribution is -2.23. The van der Waals surface area contributed by atoms with E-state index in [4.69, 9.17) is 16.3 Å². The van der Waals surface area contributed by atoms with Crippen LogP contribution in [0.3, 0.4) is 0 Å². The van der Waals surface area contributed by atoms with Gasteiger partial charge in [0.25, 0.3) is 0 Å². The zero-order valence-electron chi connectivity index (χ0n) is 9.75. The minimum Gasteiger partial charge on any atom is -0.329 e. The summed E-state index contributed by atoms with van der Waals surface area (Å²) >= 11 is 13.0. The lowest BCUT2D eigenvalue weighted by molar-refractivity contribution is 0.196. The van der Waals surface area contributed by atoms with Crippen molar-refractivity contribution in [2.24, 2.45) is 0 Å². The van der Waals surface area contributed by atoms with Crippen molar-refractivity contribution in [2.75, 3.05) is 0 Å². The van der Waals surface area contributed by atoms with Gasteiger partial charge in [0.15, 0.2) is 4.67 Å². The Morgan fingerprint density at radius 2 is 2.00 bits per heavy atom. The van der Waals surface area contributed by atoms with Gasteiger partial charge in [-0.2, -0.15) is 0 Å². The van der Waals surface area contributed by atoms with Crippen LogP contribution in [0.25, 0.3) is 0 Å². The van der Waals surface area contributed by atoms with Crippen molar-refractivity contribution < 1.29 is 4.52 Å². The van der Waals surface area contributed by atoms with Gasteiger partial charge in [0.2, 0.25) is 0 Å².